The van der Waals surface area contributed by atoms with Gasteiger partial charge < -0.3 is 40.7 Å². The topological polar surface area (TPSA) is 248 Å². The fraction of sp³-hybridized carbons (Fsp3) is 0.442. The van der Waals surface area contributed by atoms with Crippen LogP contribution in [0.2, 0.25) is 0 Å². The molecule has 0 radical (unpaired) electrons. The first kappa shape index (κ1) is 55.1. The van der Waals surface area contributed by atoms with Crippen LogP contribution < -0.4 is 20.3 Å². The number of aliphatic hydroxyl groups excluding tert-OH is 4. The molecule has 71 heavy (non-hydrogen) atoms. The average molecular weight is 1020 g/mol. The number of allylic oxidation sites excluding steroid dienone is 7. The molecule has 1 aliphatic carbocycles. The second-order valence-corrected chi connectivity index (χ2v) is 21.2. The Morgan fingerprint density at radius 2 is 1.49 bits per heavy atom. The number of anilines is 1. The number of hydrogen-bond acceptors (Lipinski definition) is 14. The van der Waals surface area contributed by atoms with Crippen molar-refractivity contribution in [3.63, 3.8) is 0 Å². The summed E-state index contributed by atoms with van der Waals surface area (Å²) in [5.74, 6) is 0.812. The van der Waals surface area contributed by atoms with Crippen LogP contribution in [0.25, 0.3) is 0 Å². The van der Waals surface area contributed by atoms with E-state index in [0.29, 0.717) is 54.3 Å². The van der Waals surface area contributed by atoms with Gasteiger partial charge >= 0.3 is 0 Å². The fourth-order valence-corrected chi connectivity index (χ4v) is 10.2. The number of hydrogen-bond donors (Lipinski definition) is 8. The van der Waals surface area contributed by atoms with Crippen LogP contribution >= 0.6 is 12.0 Å². The predicted octanol–water partition coefficient (Wildman–Crippen LogP) is 6.43. The summed E-state index contributed by atoms with van der Waals surface area (Å²) in [4.78, 5) is 28.7. The third-order valence-electron chi connectivity index (χ3n) is 13.0. The van der Waals surface area contributed by atoms with Crippen LogP contribution in [-0.2, 0) is 30.3 Å². The van der Waals surface area contributed by atoms with Crippen molar-refractivity contribution in [3.05, 3.63) is 136 Å². The van der Waals surface area contributed by atoms with E-state index in [4.69, 9.17) is 9.99 Å². The van der Waals surface area contributed by atoms with E-state index >= 15 is 0 Å². The Bertz CT molecular complexity index is 2650. The summed E-state index contributed by atoms with van der Waals surface area (Å²) in [7, 11) is -4.15. The molecule has 0 aromatic heterocycles. The molecule has 384 valence electrons. The number of amides is 2. The van der Waals surface area contributed by atoms with Crippen molar-refractivity contribution >= 4 is 51.1 Å². The van der Waals surface area contributed by atoms with Crippen molar-refractivity contribution in [2.75, 3.05) is 55.8 Å². The molecular formula is C52H67N4O13S2+. The Balaban J connectivity index is 1.40. The number of rotatable bonds is 25. The Hall–Kier alpha value is -5.19. The number of fused-ring (bicyclic) bond motifs is 2. The number of ether oxygens (including phenoxy) is 1. The van der Waals surface area contributed by atoms with Crippen LogP contribution in [0.1, 0.15) is 104 Å². The van der Waals surface area contributed by atoms with Crippen LogP contribution in [0, 0.1) is 0 Å². The average Bonchev–Trinajstić information content (AvgIpc) is 3.70. The number of nitrogens with zero attached hydrogens (tertiary/aromatic N) is 2. The van der Waals surface area contributed by atoms with Gasteiger partial charge in [0.25, 0.3) is 21.9 Å². The molecule has 2 heterocycles. The van der Waals surface area contributed by atoms with E-state index in [9.17, 15) is 43.0 Å². The predicted molar refractivity (Wildman–Crippen MR) is 272 cm³/mol. The van der Waals surface area contributed by atoms with Gasteiger partial charge in [0.1, 0.15) is 18.1 Å². The second-order valence-electron chi connectivity index (χ2n) is 18.9. The lowest BCUT2D eigenvalue weighted by atomic mass is 9.80. The van der Waals surface area contributed by atoms with Crippen molar-refractivity contribution in [3.8, 4) is 5.75 Å². The molecule has 0 saturated carbocycles. The maximum absolute atomic E-state index is 13.2. The number of unbranched alkanes of at least 4 members (excludes halogenated alkanes) is 2. The zero-order valence-electron chi connectivity index (χ0n) is 40.7. The van der Waals surface area contributed by atoms with Crippen molar-refractivity contribution in [1.82, 2.24) is 10.6 Å². The molecule has 2 amide bonds. The van der Waals surface area contributed by atoms with Crippen molar-refractivity contribution in [1.29, 1.82) is 0 Å². The van der Waals surface area contributed by atoms with Crippen LogP contribution in [0.15, 0.2) is 114 Å². The lowest BCUT2D eigenvalue weighted by Crippen LogP contribution is -2.34. The number of benzene rings is 3. The molecule has 2 atom stereocenters. The number of carbonyl (C=O) groups is 2. The van der Waals surface area contributed by atoms with E-state index in [1.165, 1.54) is 0 Å². The molecule has 6 rings (SSSR count). The third kappa shape index (κ3) is 14.1. The normalized spacial score (nSPS) is 18.3. The summed E-state index contributed by atoms with van der Waals surface area (Å²) in [5, 5.41) is 56.0. The lowest BCUT2D eigenvalue weighted by molar-refractivity contribution is -0.438. The van der Waals surface area contributed by atoms with E-state index < -0.39 is 52.3 Å². The minimum absolute atomic E-state index is 0.0915. The number of aliphatic hydroxyl groups is 4. The molecule has 3 aromatic rings. The third-order valence-corrected chi connectivity index (χ3v) is 14.4. The molecule has 2 unspecified atom stereocenters. The Morgan fingerprint density at radius 1 is 0.831 bits per heavy atom. The van der Waals surface area contributed by atoms with Gasteiger partial charge in [-0.1, -0.05) is 43.2 Å². The SMILES string of the molecule is CC1(C)C(=CC=C2CCCC(C=CC3=[N+](CCCCS(=O)(=O)O)c4ccc(C(=O)NCC(O)CO)cc4C3(C)C)=C2Oc2ccccc2)N(CCCCSOOO)c2ccc(C(=O)NCC(O)CO)cc21. The van der Waals surface area contributed by atoms with Gasteiger partial charge in [-0.2, -0.15) is 13.0 Å². The molecule has 8 N–H and O–H groups in total. The van der Waals surface area contributed by atoms with Gasteiger partial charge in [-0.15, -0.1) is 4.33 Å². The maximum Gasteiger partial charge on any atom is 0.264 e. The molecular weight excluding hydrogens is 953 g/mol. The van der Waals surface area contributed by atoms with Gasteiger partial charge in [-0.3, -0.25) is 14.1 Å². The summed E-state index contributed by atoms with van der Waals surface area (Å²) in [6.07, 6.45) is 10.7. The highest BCUT2D eigenvalue weighted by Crippen LogP contribution is 2.49. The quantitative estimate of drug-likeness (QED) is 0.0114. The molecule has 0 fully saturated rings. The summed E-state index contributed by atoms with van der Waals surface area (Å²) < 4.78 is 46.3. The highest BCUT2D eigenvalue weighted by Gasteiger charge is 2.45. The largest absolute Gasteiger partial charge is 0.457 e. The highest BCUT2D eigenvalue weighted by atomic mass is 32.2. The van der Waals surface area contributed by atoms with Crippen LogP contribution in [0.3, 0.4) is 0 Å². The van der Waals surface area contributed by atoms with Gasteiger partial charge in [0, 0.05) is 89.5 Å². The van der Waals surface area contributed by atoms with Gasteiger partial charge in [-0.25, -0.2) is 5.26 Å². The van der Waals surface area contributed by atoms with Crippen LogP contribution in [-0.4, -0.2) is 124 Å². The molecule has 0 spiro atoms. The first-order valence-corrected chi connectivity index (χ1v) is 26.4. The van der Waals surface area contributed by atoms with Crippen LogP contribution in [0.5, 0.6) is 5.75 Å². The Kier molecular flexibility index (Phi) is 19.4. The standard InChI is InChI=1S/C52H66N4O13S2/c1-51(2)42-29-37(49(61)53-31-39(59)33-57)17-21-44(42)55(25-8-10-27-70-69-68-63)46(51)23-19-35-13-12-14-36(48(35)67-41-15-6-5-7-16-41)20-24-47-52(3,4)43-30-38(50(62)54-32-40(60)34-58)18-22-45(43)56(47)26-9-11-28-71(64,65)66/h5-7,15-24,29-30,39-40,57-60H,8-14,25-28,31-34H2,1-4H3,(H3-,53,54,61,62,63,64,65,66)/p+1. The van der Waals surface area contributed by atoms with E-state index in [1.807, 2.05) is 54.6 Å². The van der Waals surface area contributed by atoms with E-state index in [-0.39, 0.29) is 31.2 Å². The summed E-state index contributed by atoms with van der Waals surface area (Å²) in [5.41, 5.74) is 7.06. The molecule has 19 heteroatoms. The lowest BCUT2D eigenvalue weighted by Gasteiger charge is -2.27. The van der Waals surface area contributed by atoms with E-state index in [2.05, 4.69) is 81.5 Å². The zero-order chi connectivity index (χ0) is 51.3. The van der Waals surface area contributed by atoms with Crippen LogP contribution in [0.4, 0.5) is 11.4 Å². The Morgan fingerprint density at radius 3 is 2.14 bits per heavy atom. The van der Waals surface area contributed by atoms with Gasteiger partial charge in [-0.05, 0) is 124 Å². The monoisotopic (exact) mass is 1020 g/mol. The van der Waals surface area contributed by atoms with Crippen molar-refractivity contribution in [2.24, 2.45) is 0 Å². The zero-order valence-corrected chi connectivity index (χ0v) is 42.3. The van der Waals surface area contributed by atoms with Crippen molar-refractivity contribution < 1.29 is 66.9 Å². The highest BCUT2D eigenvalue weighted by molar-refractivity contribution is 7.94. The first-order chi connectivity index (χ1) is 33.9. The number of nitrogens with one attached hydrogen (secondary N) is 2. The number of carbonyl (C=O) groups excluding carboxylic acids is 2. The molecule has 3 aliphatic rings. The Labute approximate surface area is 420 Å². The minimum atomic E-state index is -4.15. The summed E-state index contributed by atoms with van der Waals surface area (Å²) in [6, 6.07) is 20.5. The van der Waals surface area contributed by atoms with Gasteiger partial charge in [0.2, 0.25) is 5.69 Å². The van der Waals surface area contributed by atoms with Gasteiger partial charge in [0.05, 0.1) is 36.6 Å². The maximum atomic E-state index is 13.2. The fourth-order valence-electron chi connectivity index (χ4n) is 9.23. The summed E-state index contributed by atoms with van der Waals surface area (Å²) >= 11 is 1.01. The molecule has 3 aromatic carbocycles. The van der Waals surface area contributed by atoms with Crippen molar-refractivity contribution in [2.45, 2.75) is 95.7 Å². The van der Waals surface area contributed by atoms with E-state index in [1.54, 1.807) is 12.1 Å². The number of para-hydroxylation sites is 1. The molecule has 2 aliphatic heterocycles. The van der Waals surface area contributed by atoms with Gasteiger partial charge in [0.15, 0.2) is 5.71 Å². The second kappa shape index (κ2) is 25.0. The molecule has 17 nitrogen and oxygen atoms in total. The summed E-state index contributed by atoms with van der Waals surface area (Å²) in [6.45, 7) is 8.27. The first-order valence-electron chi connectivity index (χ1n) is 23.9. The van der Waals surface area contributed by atoms with E-state index in [0.717, 1.165) is 82.8 Å². The molecule has 0 bridgehead atoms. The minimum Gasteiger partial charge on any atom is -0.457 e. The molecule has 0 saturated heterocycles. The smallest absolute Gasteiger partial charge is 0.264 e.